The standard InChI is InChI=1S/C24H30N4O3/c1-5-20-22(28-16-17(4)8-13-21(28)26-20)23(29)25-19-11-9-18(10-12-19)24(30)31-15-14-27(6-2)7-3/h8-13,16H,5-7,14-15H2,1-4H3,(H,25,29). The van der Waals surface area contributed by atoms with Crippen molar-refractivity contribution in [3.8, 4) is 0 Å². The van der Waals surface area contributed by atoms with E-state index < -0.39 is 0 Å². The van der Waals surface area contributed by atoms with Crippen LogP contribution in [-0.2, 0) is 11.2 Å². The lowest BCUT2D eigenvalue weighted by molar-refractivity contribution is 0.0466. The molecule has 0 saturated carbocycles. The molecule has 0 saturated heterocycles. The van der Waals surface area contributed by atoms with Crippen LogP contribution >= 0.6 is 0 Å². The third-order valence-corrected chi connectivity index (χ3v) is 5.30. The Morgan fingerprint density at radius 1 is 1.06 bits per heavy atom. The number of nitrogens with one attached hydrogen (secondary N) is 1. The van der Waals surface area contributed by atoms with Gasteiger partial charge in [0.1, 0.15) is 17.9 Å². The van der Waals surface area contributed by atoms with Gasteiger partial charge in [0.15, 0.2) is 0 Å². The SMILES string of the molecule is CCc1nc2ccc(C)cn2c1C(=O)Nc1ccc(C(=O)OCCN(CC)CC)cc1. The molecule has 1 aromatic carbocycles. The van der Waals surface area contributed by atoms with Crippen LogP contribution in [0.4, 0.5) is 5.69 Å². The number of imidazole rings is 1. The molecule has 7 heteroatoms. The van der Waals surface area contributed by atoms with E-state index in [1.54, 1.807) is 24.3 Å². The maximum absolute atomic E-state index is 13.0. The van der Waals surface area contributed by atoms with Crippen molar-refractivity contribution in [1.29, 1.82) is 0 Å². The fraction of sp³-hybridized carbons (Fsp3) is 0.375. The van der Waals surface area contributed by atoms with Crippen LogP contribution in [0, 0.1) is 6.92 Å². The lowest BCUT2D eigenvalue weighted by atomic mass is 10.2. The number of amides is 1. The van der Waals surface area contributed by atoms with Crippen molar-refractivity contribution in [3.05, 3.63) is 65.1 Å². The van der Waals surface area contributed by atoms with Crippen molar-refractivity contribution in [1.82, 2.24) is 14.3 Å². The Morgan fingerprint density at radius 3 is 2.42 bits per heavy atom. The quantitative estimate of drug-likeness (QED) is 0.529. The van der Waals surface area contributed by atoms with Crippen molar-refractivity contribution < 1.29 is 14.3 Å². The Morgan fingerprint density at radius 2 is 1.77 bits per heavy atom. The zero-order valence-electron chi connectivity index (χ0n) is 18.6. The summed E-state index contributed by atoms with van der Waals surface area (Å²) in [5.41, 5.74) is 4.13. The summed E-state index contributed by atoms with van der Waals surface area (Å²) in [5.74, 6) is -0.597. The number of aromatic nitrogens is 2. The lowest BCUT2D eigenvalue weighted by Crippen LogP contribution is -2.27. The second-order valence-electron chi connectivity index (χ2n) is 7.39. The first-order chi connectivity index (χ1) is 15.0. The number of anilines is 1. The zero-order valence-corrected chi connectivity index (χ0v) is 18.6. The molecule has 0 fully saturated rings. The molecule has 1 N–H and O–H groups in total. The number of aryl methyl sites for hydroxylation is 2. The van der Waals surface area contributed by atoms with Gasteiger partial charge in [-0.2, -0.15) is 0 Å². The van der Waals surface area contributed by atoms with Crippen LogP contribution in [0.15, 0.2) is 42.6 Å². The molecule has 0 aliphatic rings. The van der Waals surface area contributed by atoms with Gasteiger partial charge in [-0.05, 0) is 62.3 Å². The minimum atomic E-state index is -0.365. The summed E-state index contributed by atoms with van der Waals surface area (Å²) in [6, 6.07) is 10.6. The molecule has 0 radical (unpaired) electrons. The Hall–Kier alpha value is -3.19. The number of hydrogen-bond donors (Lipinski definition) is 1. The highest BCUT2D eigenvalue weighted by Crippen LogP contribution is 2.18. The van der Waals surface area contributed by atoms with Gasteiger partial charge in [0, 0.05) is 18.4 Å². The first-order valence-electron chi connectivity index (χ1n) is 10.7. The number of carbonyl (C=O) groups excluding carboxylic acids is 2. The van der Waals surface area contributed by atoms with E-state index in [2.05, 4.69) is 29.0 Å². The Bertz CT molecular complexity index is 1050. The number of nitrogens with zero attached hydrogens (tertiary/aromatic N) is 3. The molecule has 31 heavy (non-hydrogen) atoms. The van der Waals surface area contributed by atoms with Crippen molar-refractivity contribution in [3.63, 3.8) is 0 Å². The van der Waals surface area contributed by atoms with E-state index in [1.165, 1.54) is 0 Å². The molecule has 2 aromatic heterocycles. The molecule has 164 valence electrons. The number of hydrogen-bond acceptors (Lipinski definition) is 5. The van der Waals surface area contributed by atoms with Gasteiger partial charge >= 0.3 is 5.97 Å². The maximum atomic E-state index is 13.0. The predicted octanol–water partition coefficient (Wildman–Crippen LogP) is 3.96. The first kappa shape index (κ1) is 22.5. The fourth-order valence-electron chi connectivity index (χ4n) is 3.46. The first-order valence-corrected chi connectivity index (χ1v) is 10.7. The number of likely N-dealkylation sites (N-methyl/N-ethyl adjacent to an activating group) is 1. The number of esters is 1. The second kappa shape index (κ2) is 10.2. The Balaban J connectivity index is 1.67. The summed E-state index contributed by atoms with van der Waals surface area (Å²) in [5, 5.41) is 2.91. The average molecular weight is 423 g/mol. The summed E-state index contributed by atoms with van der Waals surface area (Å²) in [4.78, 5) is 32.0. The van der Waals surface area contributed by atoms with Crippen molar-refractivity contribution >= 4 is 23.2 Å². The van der Waals surface area contributed by atoms with Crippen LogP contribution in [0.3, 0.4) is 0 Å². The molecule has 1 amide bonds. The molecule has 3 rings (SSSR count). The number of carbonyl (C=O) groups is 2. The van der Waals surface area contributed by atoms with E-state index in [0.717, 1.165) is 30.0 Å². The van der Waals surface area contributed by atoms with Gasteiger partial charge < -0.3 is 15.0 Å². The van der Waals surface area contributed by atoms with Crippen molar-refractivity contribution in [2.75, 3.05) is 31.6 Å². The van der Waals surface area contributed by atoms with E-state index in [4.69, 9.17) is 4.74 Å². The highest BCUT2D eigenvalue weighted by Gasteiger charge is 2.18. The highest BCUT2D eigenvalue weighted by atomic mass is 16.5. The average Bonchev–Trinajstić information content (AvgIpc) is 3.15. The van der Waals surface area contributed by atoms with Gasteiger partial charge in [-0.25, -0.2) is 9.78 Å². The van der Waals surface area contributed by atoms with E-state index in [-0.39, 0.29) is 11.9 Å². The highest BCUT2D eigenvalue weighted by molar-refractivity contribution is 6.04. The largest absolute Gasteiger partial charge is 0.461 e. The summed E-state index contributed by atoms with van der Waals surface area (Å²) < 4.78 is 7.18. The maximum Gasteiger partial charge on any atom is 0.338 e. The van der Waals surface area contributed by atoms with Crippen LogP contribution in [0.1, 0.15) is 52.9 Å². The minimum absolute atomic E-state index is 0.232. The molecule has 2 heterocycles. The predicted molar refractivity (Wildman–Crippen MR) is 122 cm³/mol. The summed E-state index contributed by atoms with van der Waals surface area (Å²) in [7, 11) is 0. The third kappa shape index (κ3) is 5.30. The van der Waals surface area contributed by atoms with E-state index in [0.29, 0.717) is 36.5 Å². The van der Waals surface area contributed by atoms with Gasteiger partial charge in [0.2, 0.25) is 0 Å². The number of ether oxygens (including phenoxy) is 1. The van der Waals surface area contributed by atoms with Crippen LogP contribution in [0.5, 0.6) is 0 Å². The van der Waals surface area contributed by atoms with Crippen molar-refractivity contribution in [2.45, 2.75) is 34.1 Å². The molecule has 0 atom stereocenters. The summed E-state index contributed by atoms with van der Waals surface area (Å²) >= 11 is 0. The molecule has 0 bridgehead atoms. The second-order valence-corrected chi connectivity index (χ2v) is 7.39. The summed E-state index contributed by atoms with van der Waals surface area (Å²) in [6.07, 6.45) is 2.56. The Kier molecular flexibility index (Phi) is 7.41. The monoisotopic (exact) mass is 422 g/mol. The summed E-state index contributed by atoms with van der Waals surface area (Å²) in [6.45, 7) is 11.0. The van der Waals surface area contributed by atoms with E-state index in [9.17, 15) is 9.59 Å². The Labute approximate surface area is 183 Å². The van der Waals surface area contributed by atoms with Crippen LogP contribution in [0.2, 0.25) is 0 Å². The minimum Gasteiger partial charge on any atom is -0.461 e. The van der Waals surface area contributed by atoms with Crippen LogP contribution < -0.4 is 5.32 Å². The normalized spacial score (nSPS) is 11.1. The molecular formula is C24H30N4O3. The number of fused-ring (bicyclic) bond motifs is 1. The molecule has 3 aromatic rings. The molecule has 0 spiro atoms. The van der Waals surface area contributed by atoms with Gasteiger partial charge in [-0.1, -0.05) is 26.8 Å². The number of benzene rings is 1. The molecule has 0 aliphatic heterocycles. The fourth-order valence-corrected chi connectivity index (χ4v) is 3.46. The lowest BCUT2D eigenvalue weighted by Gasteiger charge is -2.17. The van der Waals surface area contributed by atoms with E-state index in [1.807, 2.05) is 36.6 Å². The van der Waals surface area contributed by atoms with Gasteiger partial charge in [-0.3, -0.25) is 9.20 Å². The smallest absolute Gasteiger partial charge is 0.338 e. The molecular weight excluding hydrogens is 392 g/mol. The molecule has 0 unspecified atom stereocenters. The van der Waals surface area contributed by atoms with E-state index >= 15 is 0 Å². The number of pyridine rings is 1. The third-order valence-electron chi connectivity index (χ3n) is 5.30. The molecule has 7 nitrogen and oxygen atoms in total. The van der Waals surface area contributed by atoms with Gasteiger partial charge in [0.05, 0.1) is 11.3 Å². The van der Waals surface area contributed by atoms with Crippen LogP contribution in [-0.4, -0.2) is 52.4 Å². The molecule has 0 aliphatic carbocycles. The number of rotatable bonds is 9. The van der Waals surface area contributed by atoms with Gasteiger partial charge in [-0.15, -0.1) is 0 Å². The van der Waals surface area contributed by atoms with Gasteiger partial charge in [0.25, 0.3) is 5.91 Å². The zero-order chi connectivity index (χ0) is 22.4. The van der Waals surface area contributed by atoms with Crippen LogP contribution in [0.25, 0.3) is 5.65 Å². The van der Waals surface area contributed by atoms with Crippen molar-refractivity contribution in [2.24, 2.45) is 0 Å². The topological polar surface area (TPSA) is 75.9 Å².